The van der Waals surface area contributed by atoms with Crippen molar-refractivity contribution in [3.63, 3.8) is 0 Å². The number of rotatable bonds is 4. The van der Waals surface area contributed by atoms with Crippen LogP contribution in [0.3, 0.4) is 0 Å². The van der Waals surface area contributed by atoms with Crippen LogP contribution in [0.5, 0.6) is 6.01 Å². The van der Waals surface area contributed by atoms with Crippen LogP contribution in [0.1, 0.15) is 45.7 Å². The summed E-state index contributed by atoms with van der Waals surface area (Å²) >= 11 is 0. The highest BCUT2D eigenvalue weighted by Crippen LogP contribution is 2.35. The fourth-order valence-corrected chi connectivity index (χ4v) is 2.98. The number of ether oxygens (including phenoxy) is 1. The van der Waals surface area contributed by atoms with E-state index in [4.69, 9.17) is 15.7 Å². The Morgan fingerprint density at radius 2 is 2.24 bits per heavy atom. The summed E-state index contributed by atoms with van der Waals surface area (Å²) in [5.74, 6) is 1.68. The average molecular weight is 292 g/mol. The Balaban J connectivity index is 2.15. The van der Waals surface area contributed by atoms with Gasteiger partial charge in [0.15, 0.2) is 5.84 Å². The molecule has 116 valence electrons. The quantitative estimate of drug-likeness (QED) is 0.385. The minimum Gasteiger partial charge on any atom is -0.460 e. The lowest BCUT2D eigenvalue weighted by molar-refractivity contribution is 0.0389. The molecule has 0 radical (unpaired) electrons. The lowest BCUT2D eigenvalue weighted by Gasteiger charge is -2.36. The van der Waals surface area contributed by atoms with E-state index in [1.165, 1.54) is 12.8 Å². The van der Waals surface area contributed by atoms with Gasteiger partial charge in [-0.2, -0.15) is 4.98 Å². The molecular formula is C15H24N4O2. The number of amidine groups is 1. The molecule has 1 heterocycles. The highest BCUT2D eigenvalue weighted by Gasteiger charge is 2.32. The van der Waals surface area contributed by atoms with Crippen molar-refractivity contribution >= 4 is 5.84 Å². The first kappa shape index (κ1) is 15.5. The Morgan fingerprint density at radius 1 is 1.48 bits per heavy atom. The van der Waals surface area contributed by atoms with Crippen molar-refractivity contribution in [1.29, 1.82) is 0 Å². The Labute approximate surface area is 125 Å². The van der Waals surface area contributed by atoms with Crippen molar-refractivity contribution in [1.82, 2.24) is 9.97 Å². The summed E-state index contributed by atoms with van der Waals surface area (Å²) in [5, 5.41) is 11.7. The van der Waals surface area contributed by atoms with Crippen molar-refractivity contribution in [2.24, 2.45) is 28.6 Å². The number of aromatic nitrogens is 2. The Hall–Kier alpha value is -1.85. The highest BCUT2D eigenvalue weighted by molar-refractivity contribution is 5.95. The molecule has 1 aromatic rings. The molecule has 1 aliphatic rings. The zero-order chi connectivity index (χ0) is 15.4. The van der Waals surface area contributed by atoms with E-state index in [9.17, 15) is 0 Å². The van der Waals surface area contributed by atoms with Crippen molar-refractivity contribution < 1.29 is 9.94 Å². The Kier molecular flexibility index (Phi) is 4.98. The summed E-state index contributed by atoms with van der Waals surface area (Å²) in [5.41, 5.74) is 5.92. The molecular weight excluding hydrogens is 268 g/mol. The lowest BCUT2D eigenvalue weighted by atomic mass is 9.75. The molecule has 6 nitrogen and oxygen atoms in total. The lowest BCUT2D eigenvalue weighted by Crippen LogP contribution is -2.36. The van der Waals surface area contributed by atoms with Crippen LogP contribution in [0.2, 0.25) is 0 Å². The molecule has 3 N–H and O–H groups in total. The predicted molar refractivity (Wildman–Crippen MR) is 80.3 cm³/mol. The molecule has 21 heavy (non-hydrogen) atoms. The van der Waals surface area contributed by atoms with E-state index in [1.807, 2.05) is 0 Å². The second-order valence-electron chi connectivity index (χ2n) is 6.19. The summed E-state index contributed by atoms with van der Waals surface area (Å²) < 4.78 is 6.02. The number of hydrogen-bond acceptors (Lipinski definition) is 5. The van der Waals surface area contributed by atoms with E-state index in [2.05, 4.69) is 35.9 Å². The fourth-order valence-electron chi connectivity index (χ4n) is 2.98. The summed E-state index contributed by atoms with van der Waals surface area (Å²) in [4.78, 5) is 8.35. The van der Waals surface area contributed by atoms with Gasteiger partial charge in [-0.05, 0) is 36.7 Å². The molecule has 6 heteroatoms. The third-order valence-corrected chi connectivity index (χ3v) is 4.22. The van der Waals surface area contributed by atoms with Crippen molar-refractivity contribution in [2.75, 3.05) is 0 Å². The summed E-state index contributed by atoms with van der Waals surface area (Å²) in [6, 6.07) is 1.88. The number of nitrogens with two attached hydrogens (primary N) is 1. The van der Waals surface area contributed by atoms with Crippen LogP contribution in [0.15, 0.2) is 17.4 Å². The van der Waals surface area contributed by atoms with Gasteiger partial charge in [0, 0.05) is 6.20 Å². The van der Waals surface area contributed by atoms with Gasteiger partial charge in [0.05, 0.1) is 0 Å². The standard InChI is InChI=1S/C15H24N4O2/c1-9(2)11-5-4-10(3)8-13(11)21-15-17-7-6-12(18-15)14(16)19-20/h6-7,9-11,13,20H,4-5,8H2,1-3H3,(H2,16,19). The van der Waals surface area contributed by atoms with Gasteiger partial charge < -0.3 is 15.7 Å². The van der Waals surface area contributed by atoms with Gasteiger partial charge in [-0.1, -0.05) is 32.3 Å². The molecule has 0 bridgehead atoms. The Bertz CT molecular complexity index is 504. The normalized spacial score (nSPS) is 26.9. The monoisotopic (exact) mass is 292 g/mol. The first-order valence-corrected chi connectivity index (χ1v) is 7.48. The largest absolute Gasteiger partial charge is 0.460 e. The summed E-state index contributed by atoms with van der Waals surface area (Å²) in [7, 11) is 0. The third-order valence-electron chi connectivity index (χ3n) is 4.22. The SMILES string of the molecule is CC1CCC(C(C)C)C(Oc2nccc(/C(N)=N/O)n2)C1. The summed E-state index contributed by atoms with van der Waals surface area (Å²) in [6.45, 7) is 6.70. The maximum Gasteiger partial charge on any atom is 0.317 e. The van der Waals surface area contributed by atoms with Crippen LogP contribution in [0.4, 0.5) is 0 Å². The molecule has 3 unspecified atom stereocenters. The molecule has 0 amide bonds. The van der Waals surface area contributed by atoms with Crippen molar-refractivity contribution in [3.8, 4) is 6.01 Å². The van der Waals surface area contributed by atoms with E-state index in [1.54, 1.807) is 12.3 Å². The molecule has 1 aromatic heterocycles. The van der Waals surface area contributed by atoms with Crippen LogP contribution in [0.25, 0.3) is 0 Å². The van der Waals surface area contributed by atoms with Crippen molar-refractivity contribution in [3.05, 3.63) is 18.0 Å². The molecule has 3 atom stereocenters. The van der Waals surface area contributed by atoms with Crippen LogP contribution in [-0.4, -0.2) is 27.1 Å². The topological polar surface area (TPSA) is 93.6 Å². The average Bonchev–Trinajstić information content (AvgIpc) is 2.46. The maximum atomic E-state index is 8.71. The van der Waals surface area contributed by atoms with Crippen LogP contribution < -0.4 is 10.5 Å². The van der Waals surface area contributed by atoms with E-state index >= 15 is 0 Å². The smallest absolute Gasteiger partial charge is 0.317 e. The number of nitrogens with zero attached hydrogens (tertiary/aromatic N) is 3. The van der Waals surface area contributed by atoms with Crippen molar-refractivity contribution in [2.45, 2.75) is 46.1 Å². The molecule has 0 aliphatic heterocycles. The first-order valence-electron chi connectivity index (χ1n) is 7.48. The zero-order valence-corrected chi connectivity index (χ0v) is 12.9. The fraction of sp³-hybridized carbons (Fsp3) is 0.667. The summed E-state index contributed by atoms with van der Waals surface area (Å²) in [6.07, 6.45) is 5.11. The van der Waals surface area contributed by atoms with Crippen LogP contribution >= 0.6 is 0 Å². The minimum atomic E-state index is -0.0420. The zero-order valence-electron chi connectivity index (χ0n) is 12.9. The minimum absolute atomic E-state index is 0.0420. The van der Waals surface area contributed by atoms with Gasteiger partial charge >= 0.3 is 6.01 Å². The maximum absolute atomic E-state index is 8.71. The predicted octanol–water partition coefficient (Wildman–Crippen LogP) is 2.41. The molecule has 1 fully saturated rings. The van der Waals surface area contributed by atoms with Gasteiger partial charge in [0.1, 0.15) is 11.8 Å². The molecule has 1 saturated carbocycles. The molecule has 0 saturated heterocycles. The van der Waals surface area contributed by atoms with Crippen LogP contribution in [-0.2, 0) is 0 Å². The second-order valence-corrected chi connectivity index (χ2v) is 6.19. The second kappa shape index (κ2) is 6.74. The highest BCUT2D eigenvalue weighted by atomic mass is 16.5. The Morgan fingerprint density at radius 3 is 2.90 bits per heavy atom. The van der Waals surface area contributed by atoms with E-state index in [0.29, 0.717) is 29.5 Å². The van der Waals surface area contributed by atoms with Gasteiger partial charge in [-0.3, -0.25) is 0 Å². The molecule has 1 aliphatic carbocycles. The number of oxime groups is 1. The first-order chi connectivity index (χ1) is 10.0. The van der Waals surface area contributed by atoms with Gasteiger partial charge in [0.25, 0.3) is 0 Å². The van der Waals surface area contributed by atoms with E-state index < -0.39 is 0 Å². The third kappa shape index (κ3) is 3.83. The van der Waals surface area contributed by atoms with Gasteiger partial charge in [-0.15, -0.1) is 0 Å². The van der Waals surface area contributed by atoms with Gasteiger partial charge in [-0.25, -0.2) is 4.98 Å². The molecule has 0 aromatic carbocycles. The van der Waals surface area contributed by atoms with Gasteiger partial charge in [0.2, 0.25) is 0 Å². The van der Waals surface area contributed by atoms with E-state index in [0.717, 1.165) is 6.42 Å². The molecule has 0 spiro atoms. The van der Waals surface area contributed by atoms with Crippen LogP contribution in [0, 0.1) is 17.8 Å². The molecule has 2 rings (SSSR count). The number of hydrogen-bond donors (Lipinski definition) is 2. The van der Waals surface area contributed by atoms with E-state index in [-0.39, 0.29) is 11.9 Å².